The zero-order chi connectivity index (χ0) is 18.3. The van der Waals surface area contributed by atoms with Gasteiger partial charge in [0.2, 0.25) is 10.6 Å². The Hall–Kier alpha value is -3.30. The first-order valence-electron chi connectivity index (χ1n) is 7.91. The van der Waals surface area contributed by atoms with E-state index in [-0.39, 0.29) is 16.2 Å². The maximum atomic E-state index is 12.9. The zero-order valence-corrected chi connectivity index (χ0v) is 14.7. The topological polar surface area (TPSA) is 85.3 Å². The molecule has 5 nitrogen and oxygen atoms in total. The fraction of sp³-hybridized carbons (Fsp3) is 0.100. The molecule has 0 fully saturated rings. The zero-order valence-electron chi connectivity index (χ0n) is 13.9. The Morgan fingerprint density at radius 2 is 2.04 bits per heavy atom. The van der Waals surface area contributed by atoms with Crippen LogP contribution in [0.3, 0.4) is 0 Å². The molecule has 2 N–H and O–H groups in total. The van der Waals surface area contributed by atoms with Gasteiger partial charge in [0.25, 0.3) is 0 Å². The molecule has 1 aromatic heterocycles. The van der Waals surface area contributed by atoms with E-state index in [4.69, 9.17) is 15.2 Å². The number of ether oxygens (including phenoxy) is 2. The van der Waals surface area contributed by atoms with Crippen LogP contribution < -0.4 is 19.9 Å². The highest BCUT2D eigenvalue weighted by molar-refractivity contribution is 7.16. The number of methoxy groups -OCH3 is 1. The minimum Gasteiger partial charge on any atom is -0.497 e. The second-order valence-corrected chi connectivity index (χ2v) is 6.84. The predicted octanol–water partition coefficient (Wildman–Crippen LogP) is 3.49. The van der Waals surface area contributed by atoms with Crippen molar-refractivity contribution < 1.29 is 9.47 Å². The van der Waals surface area contributed by atoms with E-state index in [1.807, 2.05) is 48.5 Å². The molecular formula is C20H14N2O3S. The lowest BCUT2D eigenvalue weighted by atomic mass is 9.84. The molecule has 0 saturated carbocycles. The Morgan fingerprint density at radius 3 is 2.81 bits per heavy atom. The van der Waals surface area contributed by atoms with Crippen LogP contribution in [-0.4, -0.2) is 7.11 Å². The normalized spacial score (nSPS) is 15.9. The van der Waals surface area contributed by atoms with Gasteiger partial charge >= 0.3 is 0 Å². The number of nitrogens with zero attached hydrogens (tertiary/aromatic N) is 1. The van der Waals surface area contributed by atoms with Crippen LogP contribution in [0.1, 0.15) is 17.0 Å². The Kier molecular flexibility index (Phi) is 3.86. The number of nitriles is 1. The van der Waals surface area contributed by atoms with Crippen molar-refractivity contribution in [3.05, 3.63) is 80.7 Å². The molecule has 128 valence electrons. The number of nitrogens with two attached hydrogens (primary N) is 1. The predicted molar refractivity (Wildman–Crippen MR) is 100 cm³/mol. The molecule has 2 aromatic carbocycles. The van der Waals surface area contributed by atoms with Crippen LogP contribution in [0.25, 0.3) is 10.1 Å². The fourth-order valence-corrected chi connectivity index (χ4v) is 4.16. The number of rotatable bonds is 2. The van der Waals surface area contributed by atoms with Gasteiger partial charge in [0.1, 0.15) is 23.1 Å². The van der Waals surface area contributed by atoms with Gasteiger partial charge < -0.3 is 15.2 Å². The van der Waals surface area contributed by atoms with Crippen LogP contribution in [0, 0.1) is 11.3 Å². The van der Waals surface area contributed by atoms with Crippen LogP contribution in [0.2, 0.25) is 0 Å². The maximum Gasteiger partial charge on any atom is 0.240 e. The van der Waals surface area contributed by atoms with Crippen molar-refractivity contribution in [2.24, 2.45) is 5.73 Å². The van der Waals surface area contributed by atoms with E-state index in [2.05, 4.69) is 6.07 Å². The maximum absolute atomic E-state index is 12.9. The van der Waals surface area contributed by atoms with Crippen LogP contribution in [0.15, 0.2) is 64.8 Å². The van der Waals surface area contributed by atoms with Crippen molar-refractivity contribution in [1.29, 1.82) is 5.26 Å². The highest BCUT2D eigenvalue weighted by atomic mass is 32.1. The van der Waals surface area contributed by atoms with Crippen molar-refractivity contribution >= 4 is 21.4 Å². The Bertz CT molecular complexity index is 1160. The van der Waals surface area contributed by atoms with E-state index in [0.717, 1.165) is 27.0 Å². The average molecular weight is 362 g/mol. The van der Waals surface area contributed by atoms with Gasteiger partial charge in [0.05, 0.1) is 18.6 Å². The monoisotopic (exact) mass is 362 g/mol. The number of hydrogen-bond acceptors (Lipinski definition) is 6. The summed E-state index contributed by atoms with van der Waals surface area (Å²) in [6.45, 7) is 0. The van der Waals surface area contributed by atoms with E-state index < -0.39 is 5.92 Å². The molecule has 2 heterocycles. The molecule has 0 amide bonds. The second kappa shape index (κ2) is 6.21. The van der Waals surface area contributed by atoms with Crippen molar-refractivity contribution in [2.75, 3.05) is 7.11 Å². The van der Waals surface area contributed by atoms with Crippen LogP contribution in [-0.2, 0) is 0 Å². The SMILES string of the molecule is COc1cccc([C@@H]2C(C#N)=C(N)Oc3c2c(=O)sc2ccccc32)c1. The van der Waals surface area contributed by atoms with Crippen molar-refractivity contribution in [2.45, 2.75) is 5.92 Å². The summed E-state index contributed by atoms with van der Waals surface area (Å²) in [7, 11) is 1.57. The molecule has 26 heavy (non-hydrogen) atoms. The van der Waals surface area contributed by atoms with Gasteiger partial charge in [-0.15, -0.1) is 0 Å². The molecule has 0 aliphatic carbocycles. The molecule has 0 unspecified atom stereocenters. The molecule has 6 heteroatoms. The summed E-state index contributed by atoms with van der Waals surface area (Å²) in [5, 5.41) is 10.5. The first kappa shape index (κ1) is 16.2. The largest absolute Gasteiger partial charge is 0.497 e. The smallest absolute Gasteiger partial charge is 0.240 e. The van der Waals surface area contributed by atoms with Crippen LogP contribution >= 0.6 is 11.3 Å². The summed E-state index contributed by atoms with van der Waals surface area (Å²) in [6, 6.07) is 16.9. The quantitative estimate of drug-likeness (QED) is 0.754. The van der Waals surface area contributed by atoms with Gasteiger partial charge in [-0.25, -0.2) is 0 Å². The third-order valence-corrected chi connectivity index (χ3v) is 5.38. The molecule has 0 spiro atoms. The lowest BCUT2D eigenvalue weighted by Crippen LogP contribution is -2.25. The molecule has 0 radical (unpaired) electrons. The first-order valence-corrected chi connectivity index (χ1v) is 8.73. The Labute approximate surface area is 153 Å². The Morgan fingerprint density at radius 1 is 1.23 bits per heavy atom. The van der Waals surface area contributed by atoms with Crippen LogP contribution in [0.4, 0.5) is 0 Å². The van der Waals surface area contributed by atoms with E-state index in [1.165, 1.54) is 0 Å². The molecule has 1 atom stereocenters. The number of fused-ring (bicyclic) bond motifs is 3. The first-order chi connectivity index (χ1) is 12.6. The highest BCUT2D eigenvalue weighted by Crippen LogP contribution is 2.44. The van der Waals surface area contributed by atoms with Gasteiger partial charge in [0.15, 0.2) is 0 Å². The highest BCUT2D eigenvalue weighted by Gasteiger charge is 2.34. The summed E-state index contributed by atoms with van der Waals surface area (Å²) in [5.41, 5.74) is 7.47. The third kappa shape index (κ3) is 2.41. The van der Waals surface area contributed by atoms with Gasteiger partial charge in [-0.2, -0.15) is 5.26 Å². The third-order valence-electron chi connectivity index (χ3n) is 4.40. The van der Waals surface area contributed by atoms with Gasteiger partial charge in [-0.3, -0.25) is 4.79 Å². The molecule has 0 saturated heterocycles. The van der Waals surface area contributed by atoms with Gasteiger partial charge in [-0.1, -0.05) is 35.6 Å². The van der Waals surface area contributed by atoms with Gasteiger partial charge in [-0.05, 0) is 29.8 Å². The molecule has 3 aromatic rings. The summed E-state index contributed by atoms with van der Waals surface area (Å²) in [6.07, 6.45) is 0. The number of hydrogen-bond donors (Lipinski definition) is 1. The van der Waals surface area contributed by atoms with E-state index >= 15 is 0 Å². The summed E-state index contributed by atoms with van der Waals surface area (Å²) in [4.78, 5) is 12.9. The number of benzene rings is 2. The second-order valence-electron chi connectivity index (χ2n) is 5.83. The Balaban J connectivity index is 2.07. The molecule has 1 aliphatic heterocycles. The van der Waals surface area contributed by atoms with E-state index in [9.17, 15) is 10.1 Å². The molecule has 1 aliphatic rings. The average Bonchev–Trinajstić information content (AvgIpc) is 2.67. The number of allylic oxidation sites excluding steroid dienone is 1. The minimum absolute atomic E-state index is 0.0218. The summed E-state index contributed by atoms with van der Waals surface area (Å²) in [5.74, 6) is 0.498. The van der Waals surface area contributed by atoms with Gasteiger partial charge in [0, 0.05) is 10.1 Å². The summed E-state index contributed by atoms with van der Waals surface area (Å²) < 4.78 is 11.7. The van der Waals surface area contributed by atoms with E-state index in [0.29, 0.717) is 17.1 Å². The molecular weight excluding hydrogens is 348 g/mol. The standard InChI is InChI=1S/C20H14N2O3S/c1-24-12-6-4-5-11(9-12)16-14(10-21)19(22)25-18-13-7-2-3-8-15(13)26-20(23)17(16)18/h2-9,16H,22H2,1H3/t16-/m1/s1. The summed E-state index contributed by atoms with van der Waals surface area (Å²) >= 11 is 1.14. The van der Waals surface area contributed by atoms with Crippen molar-refractivity contribution in [3.63, 3.8) is 0 Å². The molecule has 4 rings (SSSR count). The lowest BCUT2D eigenvalue weighted by molar-refractivity contribution is 0.397. The van der Waals surface area contributed by atoms with Crippen LogP contribution in [0.5, 0.6) is 11.5 Å². The van der Waals surface area contributed by atoms with Crippen molar-refractivity contribution in [3.8, 4) is 17.6 Å². The lowest BCUT2D eigenvalue weighted by Gasteiger charge is -2.26. The molecule has 0 bridgehead atoms. The minimum atomic E-state index is -0.591. The van der Waals surface area contributed by atoms with E-state index in [1.54, 1.807) is 7.11 Å². The van der Waals surface area contributed by atoms with Crippen molar-refractivity contribution in [1.82, 2.24) is 0 Å². The fourth-order valence-electron chi connectivity index (χ4n) is 3.22.